The fraction of sp³-hybridized carbons (Fsp3) is 0.938. The van der Waals surface area contributed by atoms with Crippen LogP contribution in [-0.2, 0) is 9.53 Å². The van der Waals surface area contributed by atoms with Crippen molar-refractivity contribution >= 4 is 5.97 Å². The van der Waals surface area contributed by atoms with E-state index in [1.807, 2.05) is 6.92 Å². The van der Waals surface area contributed by atoms with Crippen molar-refractivity contribution in [1.82, 2.24) is 10.2 Å². The van der Waals surface area contributed by atoms with Crippen LogP contribution in [0.2, 0.25) is 0 Å². The van der Waals surface area contributed by atoms with Gasteiger partial charge in [-0.15, -0.1) is 0 Å². The Morgan fingerprint density at radius 3 is 2.70 bits per heavy atom. The number of hydrogen-bond acceptors (Lipinski definition) is 4. The summed E-state index contributed by atoms with van der Waals surface area (Å²) in [5, 5.41) is 3.43. The minimum atomic E-state index is -0.385. The molecule has 116 valence electrons. The predicted molar refractivity (Wildman–Crippen MR) is 80.7 cm³/mol. The van der Waals surface area contributed by atoms with E-state index in [-0.39, 0.29) is 16.9 Å². The lowest BCUT2D eigenvalue weighted by atomic mass is 9.67. The Bertz CT molecular complexity index is 335. The lowest BCUT2D eigenvalue weighted by molar-refractivity contribution is -0.164. The van der Waals surface area contributed by atoms with Crippen molar-refractivity contribution < 1.29 is 9.53 Å². The van der Waals surface area contributed by atoms with Gasteiger partial charge in [0.15, 0.2) is 0 Å². The average molecular weight is 282 g/mol. The molecule has 0 aromatic heterocycles. The molecule has 2 fully saturated rings. The first-order valence-electron chi connectivity index (χ1n) is 8.13. The summed E-state index contributed by atoms with van der Waals surface area (Å²) in [5.41, 5.74) is -0.158. The SMILES string of the molecule is CCOC(=O)C1(N2CCCNCC2)CCCC(C)(C)C1. The van der Waals surface area contributed by atoms with Gasteiger partial charge in [0.25, 0.3) is 0 Å². The minimum absolute atomic E-state index is 0.00896. The molecule has 0 aromatic carbocycles. The Balaban J connectivity index is 2.24. The Morgan fingerprint density at radius 1 is 1.20 bits per heavy atom. The van der Waals surface area contributed by atoms with Crippen molar-refractivity contribution in [2.75, 3.05) is 32.8 Å². The van der Waals surface area contributed by atoms with Crippen LogP contribution in [0, 0.1) is 5.41 Å². The van der Waals surface area contributed by atoms with E-state index in [1.165, 1.54) is 6.42 Å². The second kappa shape index (κ2) is 6.44. The highest BCUT2D eigenvalue weighted by atomic mass is 16.5. The average Bonchev–Trinajstić information content (AvgIpc) is 2.66. The van der Waals surface area contributed by atoms with Gasteiger partial charge in [0.2, 0.25) is 0 Å². The summed E-state index contributed by atoms with van der Waals surface area (Å²) in [7, 11) is 0. The summed E-state index contributed by atoms with van der Waals surface area (Å²) >= 11 is 0. The van der Waals surface area contributed by atoms with E-state index in [4.69, 9.17) is 4.74 Å². The molecular weight excluding hydrogens is 252 g/mol. The maximum absolute atomic E-state index is 12.7. The zero-order valence-corrected chi connectivity index (χ0v) is 13.3. The van der Waals surface area contributed by atoms with Crippen molar-refractivity contribution in [2.45, 2.75) is 58.4 Å². The van der Waals surface area contributed by atoms with Gasteiger partial charge < -0.3 is 10.1 Å². The molecule has 1 N–H and O–H groups in total. The number of nitrogens with one attached hydrogen (secondary N) is 1. The molecule has 1 unspecified atom stereocenters. The van der Waals surface area contributed by atoms with E-state index in [1.54, 1.807) is 0 Å². The molecule has 0 aromatic rings. The fourth-order valence-corrected chi connectivity index (χ4v) is 3.94. The molecule has 1 aliphatic heterocycles. The van der Waals surface area contributed by atoms with E-state index >= 15 is 0 Å². The first kappa shape index (κ1) is 15.8. The number of ether oxygens (including phenoxy) is 1. The van der Waals surface area contributed by atoms with Crippen molar-refractivity contribution in [1.29, 1.82) is 0 Å². The predicted octanol–water partition coefficient (Wildman–Crippen LogP) is 2.18. The van der Waals surface area contributed by atoms with Crippen LogP contribution in [0.3, 0.4) is 0 Å². The van der Waals surface area contributed by atoms with Crippen LogP contribution in [0.5, 0.6) is 0 Å². The summed E-state index contributed by atoms with van der Waals surface area (Å²) in [6.07, 6.45) is 5.33. The molecule has 0 spiro atoms. The smallest absolute Gasteiger partial charge is 0.326 e. The molecule has 2 rings (SSSR count). The van der Waals surface area contributed by atoms with Crippen molar-refractivity contribution in [3.8, 4) is 0 Å². The highest BCUT2D eigenvalue weighted by Crippen LogP contribution is 2.44. The first-order chi connectivity index (χ1) is 9.50. The Labute approximate surface area is 123 Å². The maximum Gasteiger partial charge on any atom is 0.326 e. The van der Waals surface area contributed by atoms with Gasteiger partial charge in [-0.25, -0.2) is 0 Å². The Kier molecular flexibility index (Phi) is 5.08. The zero-order chi connectivity index (χ0) is 14.6. The van der Waals surface area contributed by atoms with Gasteiger partial charge in [0.1, 0.15) is 5.54 Å². The quantitative estimate of drug-likeness (QED) is 0.806. The molecule has 0 amide bonds. The fourth-order valence-electron chi connectivity index (χ4n) is 3.94. The number of hydrogen-bond donors (Lipinski definition) is 1. The van der Waals surface area contributed by atoms with Gasteiger partial charge in [-0.3, -0.25) is 9.69 Å². The molecule has 1 aliphatic carbocycles. The number of rotatable bonds is 3. The van der Waals surface area contributed by atoms with E-state index in [9.17, 15) is 4.79 Å². The summed E-state index contributed by atoms with van der Waals surface area (Å²) < 4.78 is 5.47. The standard InChI is InChI=1S/C16H30N2O2/c1-4-20-14(19)16(8-5-7-15(2,3)13-16)18-11-6-9-17-10-12-18/h17H,4-13H2,1-3H3. The van der Waals surface area contributed by atoms with Crippen LogP contribution in [0.1, 0.15) is 52.9 Å². The van der Waals surface area contributed by atoms with Gasteiger partial charge in [-0.2, -0.15) is 0 Å². The molecule has 0 radical (unpaired) electrons. The summed E-state index contributed by atoms with van der Waals surface area (Å²) in [6, 6.07) is 0. The van der Waals surface area contributed by atoms with Gasteiger partial charge >= 0.3 is 5.97 Å². The van der Waals surface area contributed by atoms with E-state index in [0.717, 1.165) is 51.9 Å². The first-order valence-corrected chi connectivity index (χ1v) is 8.13. The van der Waals surface area contributed by atoms with Crippen molar-refractivity contribution in [3.63, 3.8) is 0 Å². The van der Waals surface area contributed by atoms with E-state index in [0.29, 0.717) is 6.61 Å². The second-order valence-corrected chi connectivity index (χ2v) is 7.04. The highest BCUT2D eigenvalue weighted by molar-refractivity contribution is 5.81. The van der Waals surface area contributed by atoms with Gasteiger partial charge in [-0.05, 0) is 44.6 Å². The summed E-state index contributed by atoms with van der Waals surface area (Å²) in [4.78, 5) is 15.1. The van der Waals surface area contributed by atoms with Crippen LogP contribution in [0.25, 0.3) is 0 Å². The molecule has 4 nitrogen and oxygen atoms in total. The third kappa shape index (κ3) is 3.34. The Hall–Kier alpha value is -0.610. The Morgan fingerprint density at radius 2 is 2.00 bits per heavy atom. The molecule has 1 saturated carbocycles. The largest absolute Gasteiger partial charge is 0.465 e. The maximum atomic E-state index is 12.7. The number of carbonyl (C=O) groups is 1. The van der Waals surface area contributed by atoms with E-state index < -0.39 is 0 Å². The summed E-state index contributed by atoms with van der Waals surface area (Å²) in [6.45, 7) is 10.9. The normalized spacial score (nSPS) is 31.6. The molecule has 0 bridgehead atoms. The third-order valence-corrected chi connectivity index (χ3v) is 4.82. The lowest BCUT2D eigenvalue weighted by Gasteiger charge is -2.49. The molecule has 4 heteroatoms. The number of esters is 1. The monoisotopic (exact) mass is 282 g/mol. The number of nitrogens with zero attached hydrogens (tertiary/aromatic N) is 1. The number of carbonyl (C=O) groups excluding carboxylic acids is 1. The van der Waals surface area contributed by atoms with E-state index in [2.05, 4.69) is 24.1 Å². The topological polar surface area (TPSA) is 41.6 Å². The van der Waals surface area contributed by atoms with Crippen LogP contribution in [0.4, 0.5) is 0 Å². The third-order valence-electron chi connectivity index (χ3n) is 4.82. The molecular formula is C16H30N2O2. The lowest BCUT2D eigenvalue weighted by Crippen LogP contribution is -2.59. The van der Waals surface area contributed by atoms with Crippen LogP contribution >= 0.6 is 0 Å². The van der Waals surface area contributed by atoms with Crippen molar-refractivity contribution in [2.24, 2.45) is 5.41 Å². The van der Waals surface area contributed by atoms with Gasteiger partial charge in [0.05, 0.1) is 6.61 Å². The highest BCUT2D eigenvalue weighted by Gasteiger charge is 2.50. The van der Waals surface area contributed by atoms with Crippen molar-refractivity contribution in [3.05, 3.63) is 0 Å². The zero-order valence-electron chi connectivity index (χ0n) is 13.3. The van der Waals surface area contributed by atoms with Crippen LogP contribution < -0.4 is 5.32 Å². The summed E-state index contributed by atoms with van der Waals surface area (Å²) in [5.74, 6) is 0.00896. The minimum Gasteiger partial charge on any atom is -0.465 e. The molecule has 1 heterocycles. The van der Waals surface area contributed by atoms with Gasteiger partial charge in [-0.1, -0.05) is 20.3 Å². The second-order valence-electron chi connectivity index (χ2n) is 7.04. The van der Waals surface area contributed by atoms with Crippen LogP contribution in [-0.4, -0.2) is 49.2 Å². The van der Waals surface area contributed by atoms with Crippen LogP contribution in [0.15, 0.2) is 0 Å². The molecule has 20 heavy (non-hydrogen) atoms. The van der Waals surface area contributed by atoms with Gasteiger partial charge in [0, 0.05) is 19.6 Å². The molecule has 2 aliphatic rings. The molecule has 1 saturated heterocycles. The molecule has 1 atom stereocenters.